The Labute approximate surface area is 143 Å². The zero-order valence-corrected chi connectivity index (χ0v) is 14.3. The van der Waals surface area contributed by atoms with Crippen LogP contribution in [0.3, 0.4) is 0 Å². The Morgan fingerprint density at radius 2 is 2.17 bits per heavy atom. The lowest BCUT2D eigenvalue weighted by molar-refractivity contribution is -0.117. The molecule has 3 aromatic rings. The number of aryl methyl sites for hydroxylation is 2. The molecule has 1 aliphatic rings. The number of anilines is 1. The van der Waals surface area contributed by atoms with Crippen LogP contribution in [0.4, 0.5) is 5.69 Å². The maximum Gasteiger partial charge on any atom is 0.232 e. The summed E-state index contributed by atoms with van der Waals surface area (Å²) >= 11 is 1.57. The smallest absolute Gasteiger partial charge is 0.232 e. The van der Waals surface area contributed by atoms with Gasteiger partial charge in [0.2, 0.25) is 17.6 Å². The Kier molecular flexibility index (Phi) is 3.69. The van der Waals surface area contributed by atoms with Gasteiger partial charge in [-0.2, -0.15) is 4.98 Å². The summed E-state index contributed by atoms with van der Waals surface area (Å²) in [6.07, 6.45) is 0.402. The molecule has 4 rings (SSSR count). The lowest BCUT2D eigenvalue weighted by Gasteiger charge is -2.19. The van der Waals surface area contributed by atoms with Crippen molar-refractivity contribution in [2.75, 3.05) is 11.4 Å². The Balaban J connectivity index is 1.58. The van der Waals surface area contributed by atoms with Gasteiger partial charge < -0.3 is 9.42 Å². The van der Waals surface area contributed by atoms with Crippen molar-refractivity contribution in [2.24, 2.45) is 0 Å². The summed E-state index contributed by atoms with van der Waals surface area (Å²) in [5, 5.41) is 6.03. The number of carbonyl (C=O) groups excluding carboxylic acids is 1. The highest BCUT2D eigenvalue weighted by molar-refractivity contribution is 7.13. The summed E-state index contributed by atoms with van der Waals surface area (Å²) in [4.78, 5) is 19.8. The first-order valence-electron chi connectivity index (χ1n) is 7.87. The van der Waals surface area contributed by atoms with Gasteiger partial charge in [0.05, 0.1) is 10.8 Å². The predicted molar refractivity (Wildman–Crippen MR) is 93.2 cm³/mol. The Bertz CT molecular complexity index is 886. The number of benzene rings is 1. The molecule has 1 saturated heterocycles. The fourth-order valence-corrected chi connectivity index (χ4v) is 3.77. The van der Waals surface area contributed by atoms with Gasteiger partial charge in [0.25, 0.3) is 0 Å². The molecule has 0 N–H and O–H groups in total. The van der Waals surface area contributed by atoms with Crippen LogP contribution in [0.25, 0.3) is 10.7 Å². The summed E-state index contributed by atoms with van der Waals surface area (Å²) in [6.45, 7) is 4.66. The molecule has 1 aliphatic heterocycles. The fourth-order valence-electron chi connectivity index (χ4n) is 3.12. The molecule has 6 heteroatoms. The molecule has 1 amide bonds. The maximum absolute atomic E-state index is 12.5. The van der Waals surface area contributed by atoms with Gasteiger partial charge in [-0.15, -0.1) is 11.3 Å². The normalized spacial score (nSPS) is 17.7. The monoisotopic (exact) mass is 339 g/mol. The number of rotatable bonds is 3. The van der Waals surface area contributed by atoms with Crippen molar-refractivity contribution in [1.82, 2.24) is 10.1 Å². The van der Waals surface area contributed by atoms with Crippen LogP contribution in [-0.4, -0.2) is 22.6 Å². The van der Waals surface area contributed by atoms with E-state index in [1.165, 1.54) is 5.56 Å². The number of nitrogens with zero attached hydrogens (tertiary/aromatic N) is 3. The van der Waals surface area contributed by atoms with Gasteiger partial charge in [-0.25, -0.2) is 0 Å². The van der Waals surface area contributed by atoms with Crippen LogP contribution in [0.1, 0.15) is 29.4 Å². The summed E-state index contributed by atoms with van der Waals surface area (Å²) in [5.41, 5.74) is 3.26. The van der Waals surface area contributed by atoms with Gasteiger partial charge in [-0.3, -0.25) is 4.79 Å². The van der Waals surface area contributed by atoms with E-state index in [4.69, 9.17) is 4.52 Å². The molecule has 1 fully saturated rings. The molecule has 0 saturated carbocycles. The standard InChI is InChI=1S/C18H17N3O2S/c1-11-5-6-14(12(2)8-11)21-10-13(9-16(21)22)18-19-17(20-23-18)15-4-3-7-24-15/h3-8,13H,9-10H2,1-2H3. The topological polar surface area (TPSA) is 59.2 Å². The first-order chi connectivity index (χ1) is 11.6. The predicted octanol–water partition coefficient (Wildman–Crippen LogP) is 3.94. The molecular formula is C18H17N3O2S. The van der Waals surface area contributed by atoms with Crippen LogP contribution in [0.5, 0.6) is 0 Å². The molecule has 5 nitrogen and oxygen atoms in total. The van der Waals surface area contributed by atoms with Crippen molar-refractivity contribution in [2.45, 2.75) is 26.2 Å². The van der Waals surface area contributed by atoms with Crippen LogP contribution < -0.4 is 4.90 Å². The summed E-state index contributed by atoms with van der Waals surface area (Å²) in [6, 6.07) is 10.1. The van der Waals surface area contributed by atoms with E-state index in [9.17, 15) is 4.79 Å². The highest BCUT2D eigenvalue weighted by Crippen LogP contribution is 2.34. The third-order valence-electron chi connectivity index (χ3n) is 4.30. The molecule has 2 aromatic heterocycles. The minimum atomic E-state index is -0.0561. The average molecular weight is 339 g/mol. The second kappa shape index (κ2) is 5.87. The highest BCUT2D eigenvalue weighted by atomic mass is 32.1. The fraction of sp³-hybridized carbons (Fsp3) is 0.278. The van der Waals surface area contributed by atoms with Crippen molar-refractivity contribution < 1.29 is 9.32 Å². The molecule has 0 aliphatic carbocycles. The van der Waals surface area contributed by atoms with E-state index in [-0.39, 0.29) is 11.8 Å². The zero-order valence-electron chi connectivity index (χ0n) is 13.5. The lowest BCUT2D eigenvalue weighted by Crippen LogP contribution is -2.25. The van der Waals surface area contributed by atoms with E-state index < -0.39 is 0 Å². The summed E-state index contributed by atoms with van der Waals surface area (Å²) < 4.78 is 5.42. The maximum atomic E-state index is 12.5. The number of hydrogen-bond donors (Lipinski definition) is 0. The van der Waals surface area contributed by atoms with Gasteiger partial charge in [-0.1, -0.05) is 28.9 Å². The average Bonchev–Trinajstić information content (AvgIpc) is 3.27. The Morgan fingerprint density at radius 3 is 2.92 bits per heavy atom. The van der Waals surface area contributed by atoms with Crippen LogP contribution in [0.15, 0.2) is 40.2 Å². The van der Waals surface area contributed by atoms with Gasteiger partial charge in [-0.05, 0) is 36.9 Å². The van der Waals surface area contributed by atoms with Crippen LogP contribution in [0.2, 0.25) is 0 Å². The zero-order chi connectivity index (χ0) is 16.7. The second-order valence-electron chi connectivity index (χ2n) is 6.13. The van der Waals surface area contributed by atoms with Gasteiger partial charge in [0, 0.05) is 18.7 Å². The number of amides is 1. The highest BCUT2D eigenvalue weighted by Gasteiger charge is 2.35. The van der Waals surface area contributed by atoms with Crippen molar-refractivity contribution >= 4 is 22.9 Å². The van der Waals surface area contributed by atoms with Crippen LogP contribution in [0, 0.1) is 13.8 Å². The van der Waals surface area contributed by atoms with Crippen LogP contribution >= 0.6 is 11.3 Å². The van der Waals surface area contributed by atoms with Crippen molar-refractivity contribution in [1.29, 1.82) is 0 Å². The van der Waals surface area contributed by atoms with E-state index in [2.05, 4.69) is 23.1 Å². The molecule has 0 radical (unpaired) electrons. The lowest BCUT2D eigenvalue weighted by atomic mass is 10.1. The minimum absolute atomic E-state index is 0.0561. The van der Waals surface area contributed by atoms with Crippen molar-refractivity contribution in [3.8, 4) is 10.7 Å². The number of carbonyl (C=O) groups is 1. The molecule has 0 spiro atoms. The van der Waals surface area contributed by atoms with E-state index in [1.54, 1.807) is 11.3 Å². The molecule has 3 heterocycles. The second-order valence-corrected chi connectivity index (χ2v) is 7.08. The molecule has 122 valence electrons. The van der Waals surface area contributed by atoms with Crippen molar-refractivity contribution in [3.05, 3.63) is 52.7 Å². The third kappa shape index (κ3) is 2.63. The van der Waals surface area contributed by atoms with E-state index in [0.717, 1.165) is 16.1 Å². The van der Waals surface area contributed by atoms with Crippen LogP contribution in [-0.2, 0) is 4.79 Å². The molecular weight excluding hydrogens is 322 g/mol. The van der Waals surface area contributed by atoms with Gasteiger partial charge >= 0.3 is 0 Å². The largest absolute Gasteiger partial charge is 0.339 e. The molecule has 1 atom stereocenters. The molecule has 24 heavy (non-hydrogen) atoms. The minimum Gasteiger partial charge on any atom is -0.339 e. The third-order valence-corrected chi connectivity index (χ3v) is 5.17. The number of hydrogen-bond acceptors (Lipinski definition) is 5. The van der Waals surface area contributed by atoms with Gasteiger partial charge in [0.1, 0.15) is 0 Å². The SMILES string of the molecule is Cc1ccc(N2CC(c3nc(-c4cccs4)no3)CC2=O)c(C)c1. The Hall–Kier alpha value is -2.47. The summed E-state index contributed by atoms with van der Waals surface area (Å²) in [5.74, 6) is 1.18. The van der Waals surface area contributed by atoms with E-state index in [1.807, 2.05) is 41.5 Å². The summed E-state index contributed by atoms with van der Waals surface area (Å²) in [7, 11) is 0. The van der Waals surface area contributed by atoms with E-state index in [0.29, 0.717) is 24.7 Å². The first-order valence-corrected chi connectivity index (χ1v) is 8.75. The molecule has 0 bridgehead atoms. The van der Waals surface area contributed by atoms with Gasteiger partial charge in [0.15, 0.2) is 0 Å². The molecule has 1 aromatic carbocycles. The quantitative estimate of drug-likeness (QED) is 0.725. The first kappa shape index (κ1) is 15.1. The number of thiophene rings is 1. The number of aromatic nitrogens is 2. The Morgan fingerprint density at radius 1 is 1.29 bits per heavy atom. The molecule has 1 unspecified atom stereocenters. The van der Waals surface area contributed by atoms with E-state index >= 15 is 0 Å². The van der Waals surface area contributed by atoms with Crippen molar-refractivity contribution in [3.63, 3.8) is 0 Å².